The summed E-state index contributed by atoms with van der Waals surface area (Å²) < 4.78 is 13.6. The lowest BCUT2D eigenvalue weighted by Gasteiger charge is -2.20. The van der Waals surface area contributed by atoms with Crippen LogP contribution in [0.2, 0.25) is 0 Å². The Labute approximate surface area is 142 Å². The number of hydrogen-bond donors (Lipinski definition) is 1. The van der Waals surface area contributed by atoms with Crippen LogP contribution in [-0.2, 0) is 6.54 Å². The lowest BCUT2D eigenvalue weighted by atomic mass is 10.1. The highest BCUT2D eigenvalue weighted by atomic mass is 16.5. The van der Waals surface area contributed by atoms with E-state index >= 15 is 0 Å². The maximum absolute atomic E-state index is 12.9. The van der Waals surface area contributed by atoms with Gasteiger partial charge in [-0.25, -0.2) is 0 Å². The number of pyridine rings is 1. The van der Waals surface area contributed by atoms with Crippen LogP contribution in [0.5, 0.6) is 11.5 Å². The summed E-state index contributed by atoms with van der Waals surface area (Å²) in [6.07, 6.45) is 2.49. The van der Waals surface area contributed by atoms with Crippen LogP contribution in [0.3, 0.4) is 0 Å². The second kappa shape index (κ2) is 7.43. The molecule has 5 nitrogen and oxygen atoms in total. The molecule has 0 unspecified atom stereocenters. The highest BCUT2D eigenvalue weighted by Gasteiger charge is 2.21. The van der Waals surface area contributed by atoms with E-state index in [1.807, 2.05) is 46.8 Å². The molecule has 0 spiro atoms. The van der Waals surface area contributed by atoms with Gasteiger partial charge in [0.05, 0.1) is 17.4 Å². The van der Waals surface area contributed by atoms with Crippen molar-refractivity contribution in [2.75, 3.05) is 5.73 Å². The van der Waals surface area contributed by atoms with Gasteiger partial charge in [0.2, 0.25) is 5.75 Å². The van der Waals surface area contributed by atoms with Crippen LogP contribution < -0.4 is 20.8 Å². The molecule has 0 saturated heterocycles. The standard InChI is InChI=1S/C19H26N2O3/c1-6-14(7-2)24-17-15-10-9-13(20)11-16(15)21(8-3)19(22)18(17)23-12(4)5/h6,9-12H,7-8,20H2,1-5H3. The van der Waals surface area contributed by atoms with E-state index in [0.29, 0.717) is 18.0 Å². The van der Waals surface area contributed by atoms with E-state index in [9.17, 15) is 4.79 Å². The number of aromatic nitrogens is 1. The van der Waals surface area contributed by atoms with Crippen LogP contribution in [0.4, 0.5) is 5.69 Å². The van der Waals surface area contributed by atoms with Crippen molar-refractivity contribution in [3.05, 3.63) is 40.4 Å². The molecule has 5 heteroatoms. The summed E-state index contributed by atoms with van der Waals surface area (Å²) in [5, 5.41) is 0.814. The summed E-state index contributed by atoms with van der Waals surface area (Å²) in [7, 11) is 0. The summed E-state index contributed by atoms with van der Waals surface area (Å²) in [4.78, 5) is 12.9. The fraction of sp³-hybridized carbons (Fsp3) is 0.421. The monoisotopic (exact) mass is 330 g/mol. The Kier molecular flexibility index (Phi) is 5.54. The molecule has 0 radical (unpaired) electrons. The average molecular weight is 330 g/mol. The van der Waals surface area contributed by atoms with Crippen molar-refractivity contribution in [1.29, 1.82) is 0 Å². The number of aryl methyl sites for hydroxylation is 1. The van der Waals surface area contributed by atoms with Crippen molar-refractivity contribution in [3.8, 4) is 11.5 Å². The Morgan fingerprint density at radius 3 is 2.54 bits per heavy atom. The van der Waals surface area contributed by atoms with Gasteiger partial charge in [-0.3, -0.25) is 4.79 Å². The molecule has 2 aromatic rings. The van der Waals surface area contributed by atoms with Crippen molar-refractivity contribution >= 4 is 16.6 Å². The molecule has 1 heterocycles. The number of nitrogens with two attached hydrogens (primary N) is 1. The third-order valence-electron chi connectivity index (χ3n) is 3.78. The van der Waals surface area contributed by atoms with E-state index in [1.54, 1.807) is 16.7 Å². The number of benzene rings is 1. The molecule has 0 atom stereocenters. The molecule has 0 aliphatic rings. The second-order valence-corrected chi connectivity index (χ2v) is 5.86. The minimum Gasteiger partial charge on any atom is -0.482 e. The van der Waals surface area contributed by atoms with Crippen LogP contribution in [0.1, 0.15) is 41.0 Å². The van der Waals surface area contributed by atoms with Gasteiger partial charge in [0.15, 0.2) is 5.75 Å². The van der Waals surface area contributed by atoms with E-state index in [2.05, 4.69) is 0 Å². The van der Waals surface area contributed by atoms with E-state index in [4.69, 9.17) is 15.2 Å². The Hall–Kier alpha value is -2.43. The van der Waals surface area contributed by atoms with Crippen molar-refractivity contribution < 1.29 is 9.47 Å². The lowest BCUT2D eigenvalue weighted by molar-refractivity contribution is 0.226. The van der Waals surface area contributed by atoms with Gasteiger partial charge in [-0.05, 0) is 52.0 Å². The minimum atomic E-state index is -0.203. The number of allylic oxidation sites excluding steroid dienone is 2. The molecule has 0 aliphatic heterocycles. The van der Waals surface area contributed by atoms with E-state index in [0.717, 1.165) is 23.1 Å². The van der Waals surface area contributed by atoms with Crippen molar-refractivity contribution in [3.63, 3.8) is 0 Å². The van der Waals surface area contributed by atoms with Crippen LogP contribution >= 0.6 is 0 Å². The van der Waals surface area contributed by atoms with Gasteiger partial charge in [-0.2, -0.15) is 0 Å². The first-order chi connectivity index (χ1) is 11.4. The zero-order valence-corrected chi connectivity index (χ0v) is 15.1. The maximum atomic E-state index is 12.9. The molecule has 0 fully saturated rings. The van der Waals surface area contributed by atoms with Gasteiger partial charge in [0.1, 0.15) is 0 Å². The Balaban J connectivity index is 2.86. The fourth-order valence-corrected chi connectivity index (χ4v) is 2.64. The lowest BCUT2D eigenvalue weighted by Crippen LogP contribution is -2.25. The molecular formula is C19H26N2O3. The van der Waals surface area contributed by atoms with E-state index < -0.39 is 0 Å². The summed E-state index contributed by atoms with van der Waals surface area (Å²) >= 11 is 0. The van der Waals surface area contributed by atoms with E-state index in [-0.39, 0.29) is 17.4 Å². The highest BCUT2D eigenvalue weighted by molar-refractivity contribution is 5.90. The molecular weight excluding hydrogens is 304 g/mol. The van der Waals surface area contributed by atoms with Gasteiger partial charge >= 0.3 is 0 Å². The third kappa shape index (κ3) is 3.40. The summed E-state index contributed by atoms with van der Waals surface area (Å²) in [5.41, 5.74) is 7.07. The van der Waals surface area contributed by atoms with Crippen LogP contribution in [0, 0.1) is 0 Å². The second-order valence-electron chi connectivity index (χ2n) is 5.86. The number of ether oxygens (including phenoxy) is 2. The molecule has 1 aromatic carbocycles. The molecule has 24 heavy (non-hydrogen) atoms. The number of fused-ring (bicyclic) bond motifs is 1. The SMILES string of the molecule is CC=C(CC)Oc1c(OC(C)C)c(=O)n(CC)c2cc(N)ccc12. The molecule has 0 saturated carbocycles. The average Bonchev–Trinajstić information content (AvgIpc) is 2.55. The Bertz CT molecular complexity index is 819. The molecule has 0 bridgehead atoms. The van der Waals surface area contributed by atoms with Crippen LogP contribution in [-0.4, -0.2) is 10.7 Å². The fourth-order valence-electron chi connectivity index (χ4n) is 2.64. The molecule has 2 N–H and O–H groups in total. The number of hydrogen-bond acceptors (Lipinski definition) is 4. The van der Waals surface area contributed by atoms with Crippen LogP contribution in [0.25, 0.3) is 10.9 Å². The predicted molar refractivity (Wildman–Crippen MR) is 98.7 cm³/mol. The zero-order valence-electron chi connectivity index (χ0n) is 15.1. The number of nitrogens with zero attached hydrogens (tertiary/aromatic N) is 1. The van der Waals surface area contributed by atoms with Gasteiger partial charge < -0.3 is 19.8 Å². The van der Waals surface area contributed by atoms with Crippen molar-refractivity contribution in [2.45, 2.75) is 53.7 Å². The van der Waals surface area contributed by atoms with Crippen molar-refractivity contribution in [1.82, 2.24) is 4.57 Å². The van der Waals surface area contributed by atoms with E-state index in [1.165, 1.54) is 0 Å². The van der Waals surface area contributed by atoms with Crippen LogP contribution in [0.15, 0.2) is 34.8 Å². The normalized spacial score (nSPS) is 12.0. The summed E-state index contributed by atoms with van der Waals surface area (Å²) in [5.74, 6) is 1.50. The van der Waals surface area contributed by atoms with Gasteiger partial charge in [0.25, 0.3) is 5.56 Å². The first-order valence-corrected chi connectivity index (χ1v) is 8.38. The summed E-state index contributed by atoms with van der Waals surface area (Å²) in [6.45, 7) is 10.2. The molecule has 0 aliphatic carbocycles. The highest BCUT2D eigenvalue weighted by Crippen LogP contribution is 2.36. The van der Waals surface area contributed by atoms with Gasteiger partial charge in [0, 0.05) is 24.0 Å². The summed E-state index contributed by atoms with van der Waals surface area (Å²) in [6, 6.07) is 5.48. The zero-order chi connectivity index (χ0) is 17.9. The number of anilines is 1. The molecule has 0 amide bonds. The van der Waals surface area contributed by atoms with Gasteiger partial charge in [-0.1, -0.05) is 6.92 Å². The predicted octanol–water partition coefficient (Wildman–Crippen LogP) is 4.08. The molecule has 1 aromatic heterocycles. The maximum Gasteiger partial charge on any atom is 0.297 e. The first-order valence-electron chi connectivity index (χ1n) is 8.38. The minimum absolute atomic E-state index is 0.132. The smallest absolute Gasteiger partial charge is 0.297 e. The third-order valence-corrected chi connectivity index (χ3v) is 3.78. The Morgan fingerprint density at radius 2 is 2.00 bits per heavy atom. The molecule has 2 rings (SSSR count). The van der Waals surface area contributed by atoms with Crippen molar-refractivity contribution in [2.24, 2.45) is 0 Å². The largest absolute Gasteiger partial charge is 0.482 e. The Morgan fingerprint density at radius 1 is 1.29 bits per heavy atom. The number of nitrogen functional groups attached to an aromatic ring is 1. The topological polar surface area (TPSA) is 66.5 Å². The first kappa shape index (κ1) is 17.9. The molecule has 130 valence electrons. The van der Waals surface area contributed by atoms with Gasteiger partial charge in [-0.15, -0.1) is 0 Å². The number of rotatable bonds is 6. The quantitative estimate of drug-likeness (QED) is 0.640.